The predicted octanol–water partition coefficient (Wildman–Crippen LogP) is 3.40. The number of benzene rings is 1. The third-order valence-corrected chi connectivity index (χ3v) is 5.01. The number of ether oxygens (including phenoxy) is 1. The molecule has 32 heavy (non-hydrogen) atoms. The van der Waals surface area contributed by atoms with Crippen molar-refractivity contribution in [3.63, 3.8) is 0 Å². The molecule has 0 radical (unpaired) electrons. The van der Waals surface area contributed by atoms with E-state index in [0.29, 0.717) is 5.69 Å². The van der Waals surface area contributed by atoms with Gasteiger partial charge in [-0.2, -0.15) is 18.3 Å². The normalized spacial score (nSPS) is 16.1. The van der Waals surface area contributed by atoms with Crippen molar-refractivity contribution in [1.82, 2.24) is 14.8 Å². The summed E-state index contributed by atoms with van der Waals surface area (Å²) >= 11 is 0. The van der Waals surface area contributed by atoms with Crippen molar-refractivity contribution in [3.05, 3.63) is 71.8 Å². The summed E-state index contributed by atoms with van der Waals surface area (Å²) in [5.74, 6) is -1.11. The average Bonchev–Trinajstić information content (AvgIpc) is 3.22. The summed E-state index contributed by atoms with van der Waals surface area (Å²) in [5.41, 5.74) is -0.0409. The number of aromatic nitrogens is 3. The fourth-order valence-electron chi connectivity index (χ4n) is 3.52. The molecule has 0 bridgehead atoms. The number of methoxy groups -OCH3 is 1. The Hall–Kier alpha value is -3.73. The second kappa shape index (κ2) is 8.42. The van der Waals surface area contributed by atoms with Gasteiger partial charge in [0, 0.05) is 19.0 Å². The first-order valence-corrected chi connectivity index (χ1v) is 9.56. The van der Waals surface area contributed by atoms with Crippen LogP contribution in [0, 0.1) is 0 Å². The number of carbonyl (C=O) groups excluding carboxylic acids is 2. The molecule has 1 aliphatic rings. The highest BCUT2D eigenvalue weighted by Gasteiger charge is 2.37. The molecule has 0 aliphatic carbocycles. The number of nitrogens with one attached hydrogen (secondary N) is 1. The number of fused-ring (bicyclic) bond motifs is 1. The second-order valence-electron chi connectivity index (χ2n) is 7.12. The predicted molar refractivity (Wildman–Crippen MR) is 108 cm³/mol. The van der Waals surface area contributed by atoms with E-state index in [1.807, 2.05) is 0 Å². The zero-order chi connectivity index (χ0) is 22.9. The third-order valence-electron chi connectivity index (χ3n) is 5.01. The van der Waals surface area contributed by atoms with E-state index < -0.39 is 29.6 Å². The van der Waals surface area contributed by atoms with E-state index in [4.69, 9.17) is 4.74 Å². The van der Waals surface area contributed by atoms with Crippen molar-refractivity contribution in [2.24, 2.45) is 0 Å². The molecule has 1 atom stereocenters. The van der Waals surface area contributed by atoms with Gasteiger partial charge in [-0.05, 0) is 36.4 Å². The maximum Gasteiger partial charge on any atom is 0.416 e. The lowest BCUT2D eigenvalue weighted by Crippen LogP contribution is -2.45. The lowest BCUT2D eigenvalue weighted by molar-refractivity contribution is -0.137. The van der Waals surface area contributed by atoms with Crippen LogP contribution in [0.3, 0.4) is 0 Å². The van der Waals surface area contributed by atoms with Gasteiger partial charge >= 0.3 is 6.18 Å². The minimum Gasteiger partial charge on any atom is -0.382 e. The van der Waals surface area contributed by atoms with Gasteiger partial charge in [0.2, 0.25) is 0 Å². The third kappa shape index (κ3) is 4.06. The molecule has 1 aromatic carbocycles. The first-order valence-electron chi connectivity index (χ1n) is 9.56. The zero-order valence-electron chi connectivity index (χ0n) is 16.8. The number of nitrogens with zero attached hydrogens (tertiary/aromatic N) is 4. The Kier molecular flexibility index (Phi) is 5.66. The number of anilines is 2. The van der Waals surface area contributed by atoms with E-state index >= 15 is 0 Å². The van der Waals surface area contributed by atoms with Crippen LogP contribution in [0.15, 0.2) is 55.0 Å². The van der Waals surface area contributed by atoms with Gasteiger partial charge in [0.05, 0.1) is 48.4 Å². The van der Waals surface area contributed by atoms with Gasteiger partial charge in [-0.3, -0.25) is 19.3 Å². The maximum absolute atomic E-state index is 13.3. The summed E-state index contributed by atoms with van der Waals surface area (Å²) in [5, 5.41) is 6.87. The monoisotopic (exact) mass is 445 g/mol. The molecule has 0 fully saturated rings. The van der Waals surface area contributed by atoms with Crippen molar-refractivity contribution >= 4 is 23.2 Å². The van der Waals surface area contributed by atoms with Crippen LogP contribution in [0.4, 0.5) is 24.5 Å². The number of carbonyl (C=O) groups is 2. The Morgan fingerprint density at radius 2 is 1.97 bits per heavy atom. The molecule has 2 amide bonds. The van der Waals surface area contributed by atoms with E-state index in [9.17, 15) is 22.8 Å². The molecule has 1 N–H and O–H groups in total. The SMILES string of the molecule is COC[C@@H]1CN(c2ccc(C(F)(F)F)cc2)C(=O)c2c(C(=O)Nc3cccnc3)cnn21. The number of hydrogen-bond donors (Lipinski definition) is 1. The first-order chi connectivity index (χ1) is 15.3. The fraction of sp³-hybridized carbons (Fsp3) is 0.238. The number of rotatable bonds is 5. The molecule has 2 aromatic heterocycles. The molecule has 0 saturated carbocycles. The minimum atomic E-state index is -4.49. The van der Waals surface area contributed by atoms with Gasteiger partial charge < -0.3 is 15.0 Å². The van der Waals surface area contributed by atoms with Crippen LogP contribution in [-0.2, 0) is 10.9 Å². The van der Waals surface area contributed by atoms with E-state index in [1.54, 1.807) is 18.3 Å². The number of halogens is 3. The summed E-state index contributed by atoms with van der Waals surface area (Å²) in [7, 11) is 1.48. The molecule has 4 rings (SSSR count). The van der Waals surface area contributed by atoms with Gasteiger partial charge in [-0.25, -0.2) is 0 Å². The Bertz CT molecular complexity index is 1130. The van der Waals surface area contributed by atoms with Crippen LogP contribution < -0.4 is 10.2 Å². The Morgan fingerprint density at radius 1 is 1.22 bits per heavy atom. The van der Waals surface area contributed by atoms with E-state index in [2.05, 4.69) is 15.4 Å². The molecule has 166 valence electrons. The van der Waals surface area contributed by atoms with Gasteiger partial charge in [-0.1, -0.05) is 0 Å². The van der Waals surface area contributed by atoms with Crippen LogP contribution in [0.25, 0.3) is 0 Å². The van der Waals surface area contributed by atoms with Gasteiger partial charge in [0.25, 0.3) is 11.8 Å². The molecule has 8 nitrogen and oxygen atoms in total. The van der Waals surface area contributed by atoms with Crippen LogP contribution >= 0.6 is 0 Å². The highest BCUT2D eigenvalue weighted by atomic mass is 19.4. The standard InChI is InChI=1S/C21H18F3N5O3/c1-32-12-16-11-28(15-6-4-13(5-7-15)21(22,23)24)20(31)18-17(10-26-29(16)18)19(30)27-14-3-2-8-25-9-14/h2-10,16H,11-12H2,1H3,(H,27,30)/t16-/m0/s1. The quantitative estimate of drug-likeness (QED) is 0.650. The molecular formula is C21H18F3N5O3. The molecule has 3 aromatic rings. The lowest BCUT2D eigenvalue weighted by Gasteiger charge is -2.33. The topological polar surface area (TPSA) is 89.3 Å². The van der Waals surface area contributed by atoms with Crippen molar-refractivity contribution in [2.45, 2.75) is 12.2 Å². The number of pyridine rings is 1. The van der Waals surface area contributed by atoms with Gasteiger partial charge in [0.1, 0.15) is 5.69 Å². The summed E-state index contributed by atoms with van der Waals surface area (Å²) < 4.78 is 45.4. The van der Waals surface area contributed by atoms with Gasteiger partial charge in [-0.15, -0.1) is 0 Å². The Balaban J connectivity index is 1.69. The maximum atomic E-state index is 13.3. The van der Waals surface area contributed by atoms with Crippen molar-refractivity contribution < 1.29 is 27.5 Å². The molecular weight excluding hydrogens is 427 g/mol. The van der Waals surface area contributed by atoms with Crippen LogP contribution in [0.1, 0.15) is 32.5 Å². The number of alkyl halides is 3. The highest BCUT2D eigenvalue weighted by Crippen LogP contribution is 2.33. The van der Waals surface area contributed by atoms with Crippen LogP contribution in [0.5, 0.6) is 0 Å². The summed E-state index contributed by atoms with van der Waals surface area (Å²) in [6, 6.07) is 7.14. The van der Waals surface area contributed by atoms with Crippen molar-refractivity contribution in [3.8, 4) is 0 Å². The summed E-state index contributed by atoms with van der Waals surface area (Å²) in [6.45, 7) is 0.305. The van der Waals surface area contributed by atoms with Crippen molar-refractivity contribution in [2.75, 3.05) is 30.5 Å². The molecule has 0 unspecified atom stereocenters. The smallest absolute Gasteiger partial charge is 0.382 e. The number of hydrogen-bond acceptors (Lipinski definition) is 5. The zero-order valence-corrected chi connectivity index (χ0v) is 16.8. The lowest BCUT2D eigenvalue weighted by atomic mass is 10.1. The minimum absolute atomic E-state index is 0.0274. The molecule has 0 spiro atoms. The Labute approximate surface area is 180 Å². The van der Waals surface area contributed by atoms with E-state index in [1.165, 1.54) is 41.2 Å². The summed E-state index contributed by atoms with van der Waals surface area (Å²) in [4.78, 5) is 31.4. The molecule has 1 aliphatic heterocycles. The van der Waals surface area contributed by atoms with Gasteiger partial charge in [0.15, 0.2) is 0 Å². The largest absolute Gasteiger partial charge is 0.416 e. The van der Waals surface area contributed by atoms with E-state index in [-0.39, 0.29) is 30.1 Å². The second-order valence-corrected chi connectivity index (χ2v) is 7.12. The fourth-order valence-corrected chi connectivity index (χ4v) is 3.52. The van der Waals surface area contributed by atoms with Crippen LogP contribution in [-0.4, -0.2) is 46.8 Å². The first kappa shape index (κ1) is 21.5. The van der Waals surface area contributed by atoms with Crippen LogP contribution in [0.2, 0.25) is 0 Å². The highest BCUT2D eigenvalue weighted by molar-refractivity contribution is 6.15. The van der Waals surface area contributed by atoms with Crippen molar-refractivity contribution in [1.29, 1.82) is 0 Å². The summed E-state index contributed by atoms with van der Waals surface area (Å²) in [6.07, 6.45) is -0.187. The number of amides is 2. The molecule has 11 heteroatoms. The molecule has 3 heterocycles. The Morgan fingerprint density at radius 3 is 2.59 bits per heavy atom. The molecule has 0 saturated heterocycles. The van der Waals surface area contributed by atoms with E-state index in [0.717, 1.165) is 12.1 Å². The average molecular weight is 445 g/mol.